The van der Waals surface area contributed by atoms with Crippen LogP contribution in [0, 0.1) is 0 Å². The lowest BCUT2D eigenvalue weighted by atomic mass is 10.1. The van der Waals surface area contributed by atoms with E-state index < -0.39 is 10.0 Å². The van der Waals surface area contributed by atoms with E-state index in [1.54, 1.807) is 54.9 Å². The second-order valence-electron chi connectivity index (χ2n) is 7.34. The van der Waals surface area contributed by atoms with Crippen LogP contribution in [0.4, 0.5) is 5.95 Å². The lowest BCUT2D eigenvalue weighted by molar-refractivity contribution is 0.581. The minimum absolute atomic E-state index is 0.108. The van der Waals surface area contributed by atoms with Gasteiger partial charge in [-0.2, -0.15) is 13.4 Å². The Morgan fingerprint density at radius 3 is 2.45 bits per heavy atom. The molecule has 0 aliphatic carbocycles. The number of rotatable bonds is 6. The quantitative estimate of drug-likeness (QED) is 0.372. The van der Waals surface area contributed by atoms with Gasteiger partial charge in [0.05, 0.1) is 4.90 Å². The minimum Gasteiger partial charge on any atom is -0.349 e. The predicted molar refractivity (Wildman–Crippen MR) is 129 cm³/mol. The van der Waals surface area contributed by atoms with E-state index >= 15 is 0 Å². The molecule has 0 amide bonds. The monoisotopic (exact) mass is 475 g/mol. The van der Waals surface area contributed by atoms with E-state index in [9.17, 15) is 8.42 Å². The van der Waals surface area contributed by atoms with Crippen LogP contribution in [-0.2, 0) is 16.6 Å². The maximum atomic E-state index is 13.6. The molecule has 0 aliphatic heterocycles. The van der Waals surface area contributed by atoms with Crippen LogP contribution in [0.1, 0.15) is 5.56 Å². The Hall–Kier alpha value is -3.75. The molecule has 0 radical (unpaired) electrons. The molecule has 7 nitrogen and oxygen atoms in total. The molecule has 2 aromatic heterocycles. The normalized spacial score (nSPS) is 11.5. The van der Waals surface area contributed by atoms with E-state index in [2.05, 4.69) is 20.4 Å². The number of nitrogens with one attached hydrogen (secondary N) is 1. The van der Waals surface area contributed by atoms with Gasteiger partial charge in [-0.25, -0.2) is 0 Å². The summed E-state index contributed by atoms with van der Waals surface area (Å²) < 4.78 is 28.1. The highest BCUT2D eigenvalue weighted by Crippen LogP contribution is 2.25. The number of halogens is 1. The van der Waals surface area contributed by atoms with Crippen molar-refractivity contribution in [2.75, 3.05) is 5.32 Å². The van der Waals surface area contributed by atoms with Crippen LogP contribution in [0.3, 0.4) is 0 Å². The van der Waals surface area contributed by atoms with Crippen LogP contribution in [0.2, 0.25) is 5.02 Å². The predicted octanol–water partition coefficient (Wildman–Crippen LogP) is 5.00. The van der Waals surface area contributed by atoms with Crippen molar-refractivity contribution in [3.63, 3.8) is 0 Å². The number of pyridine rings is 1. The summed E-state index contributed by atoms with van der Waals surface area (Å²) in [7, 11) is -4.02. The molecule has 164 valence electrons. The summed E-state index contributed by atoms with van der Waals surface area (Å²) in [6.07, 6.45) is 3.22. The van der Waals surface area contributed by atoms with Gasteiger partial charge in [-0.3, -0.25) is 4.98 Å². The summed E-state index contributed by atoms with van der Waals surface area (Å²) in [5.41, 5.74) is 1.53. The van der Waals surface area contributed by atoms with Crippen molar-refractivity contribution in [3.05, 3.63) is 102 Å². The van der Waals surface area contributed by atoms with E-state index in [1.165, 1.54) is 0 Å². The van der Waals surface area contributed by atoms with Gasteiger partial charge in [-0.05, 0) is 52.7 Å². The number of benzene rings is 3. The van der Waals surface area contributed by atoms with Crippen molar-refractivity contribution in [3.8, 4) is 11.4 Å². The molecular formula is C24H18ClN5O2S. The number of fused-ring (bicyclic) bond motifs is 1. The fourth-order valence-electron chi connectivity index (χ4n) is 3.40. The first-order chi connectivity index (χ1) is 16.0. The molecule has 0 unspecified atom stereocenters. The number of aromatic nitrogens is 4. The van der Waals surface area contributed by atoms with E-state index in [0.717, 1.165) is 20.4 Å². The van der Waals surface area contributed by atoms with Crippen molar-refractivity contribution in [1.29, 1.82) is 0 Å². The van der Waals surface area contributed by atoms with Crippen molar-refractivity contribution < 1.29 is 8.42 Å². The third kappa shape index (κ3) is 4.30. The van der Waals surface area contributed by atoms with Crippen molar-refractivity contribution in [2.24, 2.45) is 0 Å². The van der Waals surface area contributed by atoms with Gasteiger partial charge >= 0.3 is 0 Å². The average Bonchev–Trinajstić information content (AvgIpc) is 3.29. The summed E-state index contributed by atoms with van der Waals surface area (Å²) in [4.78, 5) is 8.67. The van der Waals surface area contributed by atoms with Crippen molar-refractivity contribution in [1.82, 2.24) is 19.2 Å². The molecule has 33 heavy (non-hydrogen) atoms. The molecule has 0 aliphatic rings. The Kier molecular flexibility index (Phi) is 5.53. The standard InChI is InChI=1S/C24H18ClN5O2S/c25-21-10-7-17(8-11-21)15-27-24-28-23(20-6-3-13-26-16-20)29-30(24)33(31,32)22-12-9-18-4-1-2-5-19(18)14-22/h1-14,16H,15H2,(H,27,28,29). The van der Waals surface area contributed by atoms with E-state index in [1.807, 2.05) is 36.4 Å². The first kappa shape index (κ1) is 21.1. The molecule has 2 heterocycles. The van der Waals surface area contributed by atoms with Gasteiger partial charge in [-0.15, -0.1) is 9.19 Å². The molecule has 0 fully saturated rings. The molecule has 5 aromatic rings. The second kappa shape index (κ2) is 8.65. The van der Waals surface area contributed by atoms with Crippen LogP contribution in [0.15, 0.2) is 96.2 Å². The van der Waals surface area contributed by atoms with Gasteiger partial charge in [0.15, 0.2) is 5.82 Å². The largest absolute Gasteiger partial charge is 0.349 e. The lowest BCUT2D eigenvalue weighted by Crippen LogP contribution is -2.18. The van der Waals surface area contributed by atoms with Gasteiger partial charge in [0.25, 0.3) is 10.0 Å². The van der Waals surface area contributed by atoms with Gasteiger partial charge in [0, 0.05) is 29.5 Å². The summed E-state index contributed by atoms with van der Waals surface area (Å²) >= 11 is 5.96. The van der Waals surface area contributed by atoms with E-state index in [0.29, 0.717) is 17.1 Å². The van der Waals surface area contributed by atoms with E-state index in [4.69, 9.17) is 11.6 Å². The first-order valence-electron chi connectivity index (χ1n) is 10.1. The van der Waals surface area contributed by atoms with Crippen molar-refractivity contribution in [2.45, 2.75) is 11.4 Å². The van der Waals surface area contributed by atoms with Crippen LogP contribution in [-0.4, -0.2) is 27.6 Å². The Balaban J connectivity index is 1.57. The molecule has 0 bridgehead atoms. The van der Waals surface area contributed by atoms with Crippen LogP contribution in [0.5, 0.6) is 0 Å². The SMILES string of the molecule is O=S(=O)(c1ccc2ccccc2c1)n1nc(-c2cccnc2)nc1NCc1ccc(Cl)cc1. The highest BCUT2D eigenvalue weighted by atomic mass is 35.5. The number of nitrogens with zero attached hydrogens (tertiary/aromatic N) is 4. The Morgan fingerprint density at radius 1 is 0.909 bits per heavy atom. The maximum Gasteiger partial charge on any atom is 0.286 e. The molecule has 1 N–H and O–H groups in total. The molecule has 0 atom stereocenters. The molecule has 0 saturated heterocycles. The molecule has 3 aromatic carbocycles. The minimum atomic E-state index is -4.02. The summed E-state index contributed by atoms with van der Waals surface area (Å²) in [6, 6.07) is 23.4. The van der Waals surface area contributed by atoms with Gasteiger partial charge in [0.2, 0.25) is 5.95 Å². The van der Waals surface area contributed by atoms with E-state index in [-0.39, 0.29) is 16.7 Å². The van der Waals surface area contributed by atoms with Crippen LogP contribution < -0.4 is 5.32 Å². The zero-order chi connectivity index (χ0) is 22.8. The number of anilines is 1. The number of hydrogen-bond donors (Lipinski definition) is 1. The third-order valence-corrected chi connectivity index (χ3v) is 6.92. The fourth-order valence-corrected chi connectivity index (χ4v) is 4.76. The highest BCUT2D eigenvalue weighted by Gasteiger charge is 2.25. The van der Waals surface area contributed by atoms with Gasteiger partial charge < -0.3 is 5.32 Å². The summed E-state index contributed by atoms with van der Waals surface area (Å²) in [5, 5.41) is 9.82. The summed E-state index contributed by atoms with van der Waals surface area (Å²) in [6.45, 7) is 0.343. The second-order valence-corrected chi connectivity index (χ2v) is 9.54. The topological polar surface area (TPSA) is 89.8 Å². The lowest BCUT2D eigenvalue weighted by Gasteiger charge is -2.10. The maximum absolute atomic E-state index is 13.6. The third-order valence-electron chi connectivity index (χ3n) is 5.11. The zero-order valence-corrected chi connectivity index (χ0v) is 18.8. The fraction of sp³-hybridized carbons (Fsp3) is 0.0417. The summed E-state index contributed by atoms with van der Waals surface area (Å²) in [5.74, 6) is 0.364. The van der Waals surface area contributed by atoms with Crippen LogP contribution >= 0.6 is 11.6 Å². The molecular weight excluding hydrogens is 458 g/mol. The average molecular weight is 476 g/mol. The van der Waals surface area contributed by atoms with Crippen LogP contribution in [0.25, 0.3) is 22.2 Å². The first-order valence-corrected chi connectivity index (χ1v) is 11.9. The molecule has 0 saturated carbocycles. The Bertz CT molecular complexity index is 1530. The Morgan fingerprint density at radius 2 is 1.70 bits per heavy atom. The molecule has 5 rings (SSSR count). The van der Waals surface area contributed by atoms with Gasteiger partial charge in [0.1, 0.15) is 0 Å². The smallest absolute Gasteiger partial charge is 0.286 e. The van der Waals surface area contributed by atoms with Gasteiger partial charge in [-0.1, -0.05) is 54.1 Å². The zero-order valence-electron chi connectivity index (χ0n) is 17.3. The molecule has 0 spiro atoms. The Labute approximate surface area is 195 Å². The molecule has 9 heteroatoms. The highest BCUT2D eigenvalue weighted by molar-refractivity contribution is 7.90. The van der Waals surface area contributed by atoms with Crippen molar-refractivity contribution >= 4 is 38.3 Å². The number of hydrogen-bond acceptors (Lipinski definition) is 6.